The van der Waals surface area contributed by atoms with E-state index in [1.54, 1.807) is 19.2 Å². The maximum absolute atomic E-state index is 11.9. The summed E-state index contributed by atoms with van der Waals surface area (Å²) in [5.41, 5.74) is 6.94. The summed E-state index contributed by atoms with van der Waals surface area (Å²) in [5, 5.41) is 2.76. The standard InChI is InChI=1S/C14H15N3O2/c1-19-12-5-3-2-4-10(12)8-14(18)17-11-6-7-13(15)16-9-11/h2-7,9H,8H2,1H3,(H2,15,16)(H,17,18). The van der Waals surface area contributed by atoms with Crippen LogP contribution in [0.15, 0.2) is 42.6 Å². The average molecular weight is 257 g/mol. The maximum Gasteiger partial charge on any atom is 0.228 e. The van der Waals surface area contributed by atoms with Crippen molar-refractivity contribution in [2.45, 2.75) is 6.42 Å². The van der Waals surface area contributed by atoms with Gasteiger partial charge in [-0.15, -0.1) is 0 Å². The zero-order valence-corrected chi connectivity index (χ0v) is 10.6. The highest BCUT2D eigenvalue weighted by Gasteiger charge is 2.08. The number of para-hydroxylation sites is 1. The summed E-state index contributed by atoms with van der Waals surface area (Å²) in [6, 6.07) is 10.8. The molecule has 5 heteroatoms. The molecule has 0 aliphatic carbocycles. The fourth-order valence-electron chi connectivity index (χ4n) is 1.71. The number of pyridine rings is 1. The first-order valence-corrected chi connectivity index (χ1v) is 5.82. The molecule has 0 radical (unpaired) electrons. The van der Waals surface area contributed by atoms with Crippen LogP contribution in [0, 0.1) is 0 Å². The molecule has 0 atom stereocenters. The van der Waals surface area contributed by atoms with Crippen LogP contribution in [-0.2, 0) is 11.2 Å². The smallest absolute Gasteiger partial charge is 0.228 e. The Balaban J connectivity index is 2.03. The molecule has 3 N–H and O–H groups in total. The number of hydrogen-bond donors (Lipinski definition) is 2. The summed E-state index contributed by atoms with van der Waals surface area (Å²) in [7, 11) is 1.58. The minimum atomic E-state index is -0.129. The predicted molar refractivity (Wildman–Crippen MR) is 74.0 cm³/mol. The van der Waals surface area contributed by atoms with E-state index in [0.717, 1.165) is 5.56 Å². The molecule has 1 aromatic heterocycles. The highest BCUT2D eigenvalue weighted by atomic mass is 16.5. The number of nitrogens with zero attached hydrogens (tertiary/aromatic N) is 1. The van der Waals surface area contributed by atoms with Gasteiger partial charge in [0.25, 0.3) is 0 Å². The summed E-state index contributed by atoms with van der Waals surface area (Å²) in [5.74, 6) is 0.992. The van der Waals surface area contributed by atoms with Crippen LogP contribution in [-0.4, -0.2) is 18.0 Å². The molecule has 19 heavy (non-hydrogen) atoms. The van der Waals surface area contributed by atoms with Crippen molar-refractivity contribution < 1.29 is 9.53 Å². The van der Waals surface area contributed by atoms with E-state index in [9.17, 15) is 4.79 Å². The van der Waals surface area contributed by atoms with Gasteiger partial charge in [-0.2, -0.15) is 0 Å². The lowest BCUT2D eigenvalue weighted by atomic mass is 10.1. The van der Waals surface area contributed by atoms with E-state index in [4.69, 9.17) is 10.5 Å². The van der Waals surface area contributed by atoms with Gasteiger partial charge in [-0.3, -0.25) is 4.79 Å². The summed E-state index contributed by atoms with van der Waals surface area (Å²) in [6.45, 7) is 0. The molecule has 0 fully saturated rings. The van der Waals surface area contributed by atoms with Crippen molar-refractivity contribution in [1.29, 1.82) is 0 Å². The Bertz CT molecular complexity index is 567. The van der Waals surface area contributed by atoms with Gasteiger partial charge < -0.3 is 15.8 Å². The number of benzene rings is 1. The van der Waals surface area contributed by atoms with E-state index < -0.39 is 0 Å². The van der Waals surface area contributed by atoms with Crippen LogP contribution >= 0.6 is 0 Å². The van der Waals surface area contributed by atoms with Crippen molar-refractivity contribution in [3.63, 3.8) is 0 Å². The highest BCUT2D eigenvalue weighted by molar-refractivity contribution is 5.92. The van der Waals surface area contributed by atoms with Gasteiger partial charge in [0.2, 0.25) is 5.91 Å². The third-order valence-electron chi connectivity index (χ3n) is 2.61. The Kier molecular flexibility index (Phi) is 3.97. The molecular formula is C14H15N3O2. The van der Waals surface area contributed by atoms with Crippen molar-refractivity contribution in [1.82, 2.24) is 4.98 Å². The number of nitrogens with one attached hydrogen (secondary N) is 1. The predicted octanol–water partition coefficient (Wildman–Crippen LogP) is 1.85. The molecule has 1 amide bonds. The minimum Gasteiger partial charge on any atom is -0.496 e. The second kappa shape index (κ2) is 5.86. The number of amides is 1. The largest absolute Gasteiger partial charge is 0.496 e. The number of hydrogen-bond acceptors (Lipinski definition) is 4. The van der Waals surface area contributed by atoms with Gasteiger partial charge in [0.1, 0.15) is 11.6 Å². The molecule has 0 spiro atoms. The minimum absolute atomic E-state index is 0.129. The lowest BCUT2D eigenvalue weighted by Gasteiger charge is -2.08. The van der Waals surface area contributed by atoms with Crippen LogP contribution in [0.4, 0.5) is 11.5 Å². The van der Waals surface area contributed by atoms with Gasteiger partial charge >= 0.3 is 0 Å². The summed E-state index contributed by atoms with van der Waals surface area (Å²) >= 11 is 0. The van der Waals surface area contributed by atoms with Gasteiger partial charge in [-0.25, -0.2) is 4.98 Å². The average Bonchev–Trinajstić information content (AvgIpc) is 2.42. The number of aromatic nitrogens is 1. The molecule has 0 aliphatic rings. The zero-order chi connectivity index (χ0) is 13.7. The van der Waals surface area contributed by atoms with Crippen LogP contribution in [0.25, 0.3) is 0 Å². The maximum atomic E-state index is 11.9. The van der Waals surface area contributed by atoms with E-state index in [-0.39, 0.29) is 12.3 Å². The molecule has 0 unspecified atom stereocenters. The number of rotatable bonds is 4. The van der Waals surface area contributed by atoms with E-state index in [1.807, 2.05) is 24.3 Å². The number of ether oxygens (including phenoxy) is 1. The molecule has 5 nitrogen and oxygen atoms in total. The van der Waals surface area contributed by atoms with Gasteiger partial charge in [-0.1, -0.05) is 18.2 Å². The molecule has 1 aromatic carbocycles. The van der Waals surface area contributed by atoms with E-state index in [2.05, 4.69) is 10.3 Å². The summed E-state index contributed by atoms with van der Waals surface area (Å²) in [4.78, 5) is 15.8. The highest BCUT2D eigenvalue weighted by Crippen LogP contribution is 2.18. The van der Waals surface area contributed by atoms with Crippen LogP contribution in [0.3, 0.4) is 0 Å². The SMILES string of the molecule is COc1ccccc1CC(=O)Nc1ccc(N)nc1. The van der Waals surface area contributed by atoms with Crippen LogP contribution in [0.5, 0.6) is 5.75 Å². The normalized spacial score (nSPS) is 9.95. The Morgan fingerprint density at radius 3 is 2.79 bits per heavy atom. The van der Waals surface area contributed by atoms with Crippen molar-refractivity contribution >= 4 is 17.4 Å². The molecule has 0 bridgehead atoms. The third kappa shape index (κ3) is 3.45. The lowest BCUT2D eigenvalue weighted by molar-refractivity contribution is -0.115. The Labute approximate surface area is 111 Å². The number of anilines is 2. The number of carbonyl (C=O) groups excluding carboxylic acids is 1. The van der Waals surface area contributed by atoms with Crippen LogP contribution in [0.2, 0.25) is 0 Å². The first-order valence-electron chi connectivity index (χ1n) is 5.82. The van der Waals surface area contributed by atoms with Crippen molar-refractivity contribution in [3.05, 3.63) is 48.2 Å². The molecule has 0 saturated heterocycles. The van der Waals surface area contributed by atoms with Crippen LogP contribution < -0.4 is 15.8 Å². The second-order valence-electron chi connectivity index (χ2n) is 4.01. The molecular weight excluding hydrogens is 242 g/mol. The molecule has 2 aromatic rings. The number of nitrogens with two attached hydrogens (primary N) is 1. The van der Waals surface area contributed by atoms with Crippen molar-refractivity contribution in [3.8, 4) is 5.75 Å². The van der Waals surface area contributed by atoms with Gasteiger partial charge in [0.15, 0.2) is 0 Å². The first kappa shape index (κ1) is 12.9. The number of carbonyl (C=O) groups is 1. The second-order valence-corrected chi connectivity index (χ2v) is 4.01. The van der Waals surface area contributed by atoms with Crippen LogP contribution in [0.1, 0.15) is 5.56 Å². The number of nitrogen functional groups attached to an aromatic ring is 1. The van der Waals surface area contributed by atoms with E-state index >= 15 is 0 Å². The molecule has 0 saturated carbocycles. The molecule has 1 heterocycles. The quantitative estimate of drug-likeness (QED) is 0.876. The third-order valence-corrected chi connectivity index (χ3v) is 2.61. The van der Waals surface area contributed by atoms with Crippen molar-refractivity contribution in [2.24, 2.45) is 0 Å². The fourth-order valence-corrected chi connectivity index (χ4v) is 1.71. The summed E-state index contributed by atoms with van der Waals surface area (Å²) in [6.07, 6.45) is 1.77. The van der Waals surface area contributed by atoms with E-state index in [1.165, 1.54) is 6.20 Å². The van der Waals surface area contributed by atoms with E-state index in [0.29, 0.717) is 17.3 Å². The monoisotopic (exact) mass is 257 g/mol. The van der Waals surface area contributed by atoms with Gasteiger partial charge in [0.05, 0.1) is 25.4 Å². The fraction of sp³-hybridized carbons (Fsp3) is 0.143. The van der Waals surface area contributed by atoms with Gasteiger partial charge in [0, 0.05) is 5.56 Å². The molecule has 0 aliphatic heterocycles. The van der Waals surface area contributed by atoms with Gasteiger partial charge in [-0.05, 0) is 18.2 Å². The molecule has 2 rings (SSSR count). The molecule has 98 valence electrons. The Hall–Kier alpha value is -2.56. The number of methoxy groups -OCH3 is 1. The van der Waals surface area contributed by atoms with Crippen molar-refractivity contribution in [2.75, 3.05) is 18.2 Å². The topological polar surface area (TPSA) is 77.2 Å². The Morgan fingerprint density at radius 1 is 1.32 bits per heavy atom. The lowest BCUT2D eigenvalue weighted by Crippen LogP contribution is -2.15. The zero-order valence-electron chi connectivity index (χ0n) is 10.6. The summed E-state index contributed by atoms with van der Waals surface area (Å²) < 4.78 is 5.20. The first-order chi connectivity index (χ1) is 9.19. The Morgan fingerprint density at radius 2 is 2.11 bits per heavy atom.